The molecule has 2 atom stereocenters. The summed E-state index contributed by atoms with van der Waals surface area (Å²) in [5.74, 6) is -0.301. The van der Waals surface area contributed by atoms with Gasteiger partial charge in [0.1, 0.15) is 6.10 Å². The topological polar surface area (TPSA) is 26.3 Å². The second kappa shape index (κ2) is 5.25. The predicted molar refractivity (Wildman–Crippen MR) is 81.7 cm³/mol. The van der Waals surface area contributed by atoms with Crippen LogP contribution in [0, 0.1) is 0 Å². The summed E-state index contributed by atoms with van der Waals surface area (Å²) in [7, 11) is 0. The molecule has 0 radical (unpaired) electrons. The quantitative estimate of drug-likeness (QED) is 0.606. The Kier molecular flexibility index (Phi) is 3.45. The van der Waals surface area contributed by atoms with Crippen LogP contribution in [0.4, 0.5) is 0 Å². The van der Waals surface area contributed by atoms with Gasteiger partial charge in [0, 0.05) is 16.0 Å². The lowest BCUT2D eigenvalue weighted by Gasteiger charge is -2.20. The first kappa shape index (κ1) is 13.1. The van der Waals surface area contributed by atoms with Gasteiger partial charge in [0.25, 0.3) is 0 Å². The summed E-state index contributed by atoms with van der Waals surface area (Å²) < 4.78 is 6.57. The lowest BCUT2D eigenvalue weighted by Crippen LogP contribution is -2.09. The molecule has 0 unspecified atom stereocenters. The molecule has 0 spiro atoms. The van der Waals surface area contributed by atoms with Gasteiger partial charge in [-0.2, -0.15) is 0 Å². The average Bonchev–Trinajstić information content (AvgIpc) is 2.80. The average molecular weight is 329 g/mol. The molecule has 0 fully saturated rings. The number of carbonyl (C=O) groups is 1. The molecule has 0 aliphatic carbocycles. The van der Waals surface area contributed by atoms with E-state index in [-0.39, 0.29) is 18.0 Å². The van der Waals surface area contributed by atoms with Crippen molar-refractivity contribution in [2.45, 2.75) is 12.0 Å². The van der Waals surface area contributed by atoms with E-state index in [1.165, 1.54) is 0 Å². The first-order chi connectivity index (χ1) is 9.70. The molecule has 100 valence electrons. The Morgan fingerprint density at radius 3 is 2.55 bits per heavy atom. The summed E-state index contributed by atoms with van der Waals surface area (Å²) in [5.41, 5.74) is 2.67. The SMILES string of the molecule is C=C[C@H](c1ccc(Br)cc1)[C@@H]1OC(=O)c2ccccc21. The van der Waals surface area contributed by atoms with E-state index in [1.54, 1.807) is 6.07 Å². The van der Waals surface area contributed by atoms with Crippen molar-refractivity contribution in [1.29, 1.82) is 0 Å². The van der Waals surface area contributed by atoms with E-state index >= 15 is 0 Å². The Bertz CT molecular complexity index is 661. The molecular formula is C17H13BrO2. The van der Waals surface area contributed by atoms with Crippen LogP contribution in [-0.4, -0.2) is 5.97 Å². The molecule has 0 saturated heterocycles. The number of carbonyl (C=O) groups excluding carboxylic acids is 1. The van der Waals surface area contributed by atoms with Crippen LogP contribution in [0.15, 0.2) is 65.7 Å². The third-order valence-corrected chi connectivity index (χ3v) is 4.08. The van der Waals surface area contributed by atoms with E-state index in [0.717, 1.165) is 15.6 Å². The Balaban J connectivity index is 2.01. The molecule has 3 heteroatoms. The molecule has 20 heavy (non-hydrogen) atoms. The van der Waals surface area contributed by atoms with E-state index in [2.05, 4.69) is 22.5 Å². The third-order valence-electron chi connectivity index (χ3n) is 3.56. The minimum atomic E-state index is -0.294. The monoisotopic (exact) mass is 328 g/mol. The van der Waals surface area contributed by atoms with Crippen LogP contribution in [-0.2, 0) is 4.74 Å². The van der Waals surface area contributed by atoms with Crippen LogP contribution < -0.4 is 0 Å². The van der Waals surface area contributed by atoms with Crippen molar-refractivity contribution in [3.63, 3.8) is 0 Å². The zero-order valence-corrected chi connectivity index (χ0v) is 12.3. The zero-order chi connectivity index (χ0) is 14.1. The highest BCUT2D eigenvalue weighted by Gasteiger charge is 2.35. The molecule has 2 aromatic carbocycles. The number of ether oxygens (including phenoxy) is 1. The fourth-order valence-corrected chi connectivity index (χ4v) is 2.82. The van der Waals surface area contributed by atoms with E-state index in [4.69, 9.17) is 4.74 Å². The van der Waals surface area contributed by atoms with E-state index in [1.807, 2.05) is 48.5 Å². The van der Waals surface area contributed by atoms with Crippen molar-refractivity contribution in [3.8, 4) is 0 Å². The number of cyclic esters (lactones) is 1. The summed E-state index contributed by atoms with van der Waals surface area (Å²) in [6.45, 7) is 3.90. The van der Waals surface area contributed by atoms with Gasteiger partial charge < -0.3 is 4.74 Å². The molecule has 0 amide bonds. The summed E-state index contributed by atoms with van der Waals surface area (Å²) in [6, 6.07) is 15.5. The standard InChI is InChI=1S/C17H13BrO2/c1-2-13(11-7-9-12(18)10-8-11)16-14-5-3-4-6-15(14)17(19)20-16/h2-10,13,16H,1H2/t13-,16+/m1/s1. The molecule has 0 bridgehead atoms. The van der Waals surface area contributed by atoms with Crippen molar-refractivity contribution < 1.29 is 9.53 Å². The van der Waals surface area contributed by atoms with Gasteiger partial charge in [0.15, 0.2) is 0 Å². The Labute approximate surface area is 126 Å². The summed E-state index contributed by atoms with van der Waals surface area (Å²) in [5, 5.41) is 0. The summed E-state index contributed by atoms with van der Waals surface area (Å²) in [4.78, 5) is 11.9. The maximum Gasteiger partial charge on any atom is 0.339 e. The van der Waals surface area contributed by atoms with Crippen molar-refractivity contribution in [2.24, 2.45) is 0 Å². The highest BCUT2D eigenvalue weighted by atomic mass is 79.9. The van der Waals surface area contributed by atoms with Crippen LogP contribution in [0.5, 0.6) is 0 Å². The van der Waals surface area contributed by atoms with Gasteiger partial charge in [0.2, 0.25) is 0 Å². The van der Waals surface area contributed by atoms with Crippen molar-refractivity contribution in [3.05, 3.63) is 82.3 Å². The fourth-order valence-electron chi connectivity index (χ4n) is 2.56. The number of benzene rings is 2. The molecule has 1 aliphatic rings. The van der Waals surface area contributed by atoms with Crippen LogP contribution in [0.1, 0.15) is 33.5 Å². The molecule has 1 heterocycles. The van der Waals surface area contributed by atoms with Gasteiger partial charge >= 0.3 is 5.97 Å². The van der Waals surface area contributed by atoms with Gasteiger partial charge in [-0.3, -0.25) is 0 Å². The highest BCUT2D eigenvalue weighted by molar-refractivity contribution is 9.10. The predicted octanol–water partition coefficient (Wildman–Crippen LogP) is 4.63. The van der Waals surface area contributed by atoms with Crippen LogP contribution in [0.2, 0.25) is 0 Å². The third kappa shape index (κ3) is 2.18. The molecule has 0 aromatic heterocycles. The maximum atomic E-state index is 11.9. The molecule has 2 aromatic rings. The van der Waals surface area contributed by atoms with Crippen molar-refractivity contribution >= 4 is 21.9 Å². The minimum absolute atomic E-state index is 0.0456. The van der Waals surface area contributed by atoms with Crippen molar-refractivity contribution in [1.82, 2.24) is 0 Å². The lowest BCUT2D eigenvalue weighted by atomic mass is 9.89. The van der Waals surface area contributed by atoms with Crippen LogP contribution in [0.25, 0.3) is 0 Å². The summed E-state index contributed by atoms with van der Waals surface area (Å²) >= 11 is 3.42. The molecular weight excluding hydrogens is 316 g/mol. The molecule has 0 saturated carbocycles. The van der Waals surface area contributed by atoms with Gasteiger partial charge in [0.05, 0.1) is 5.56 Å². The minimum Gasteiger partial charge on any atom is -0.453 e. The lowest BCUT2D eigenvalue weighted by molar-refractivity contribution is 0.0356. The number of halogens is 1. The zero-order valence-electron chi connectivity index (χ0n) is 10.8. The Hall–Kier alpha value is -1.87. The first-order valence-corrected chi connectivity index (χ1v) is 7.18. The van der Waals surface area contributed by atoms with E-state index in [9.17, 15) is 4.79 Å². The van der Waals surface area contributed by atoms with Gasteiger partial charge in [-0.25, -0.2) is 4.79 Å². The largest absolute Gasteiger partial charge is 0.453 e. The van der Waals surface area contributed by atoms with Gasteiger partial charge in [-0.1, -0.05) is 52.3 Å². The van der Waals surface area contributed by atoms with Crippen LogP contribution in [0.3, 0.4) is 0 Å². The smallest absolute Gasteiger partial charge is 0.339 e. The normalized spacial score (nSPS) is 18.2. The van der Waals surface area contributed by atoms with Gasteiger partial charge in [-0.05, 0) is 23.8 Å². The molecule has 2 nitrogen and oxygen atoms in total. The Morgan fingerprint density at radius 1 is 1.15 bits per heavy atom. The molecule has 0 N–H and O–H groups in total. The maximum absolute atomic E-state index is 11.9. The van der Waals surface area contributed by atoms with Gasteiger partial charge in [-0.15, -0.1) is 6.58 Å². The van der Waals surface area contributed by atoms with Crippen molar-refractivity contribution in [2.75, 3.05) is 0 Å². The van der Waals surface area contributed by atoms with Crippen LogP contribution >= 0.6 is 15.9 Å². The van der Waals surface area contributed by atoms with E-state index in [0.29, 0.717) is 5.56 Å². The second-order valence-electron chi connectivity index (χ2n) is 4.73. The first-order valence-electron chi connectivity index (χ1n) is 6.38. The molecule has 1 aliphatic heterocycles. The fraction of sp³-hybridized carbons (Fsp3) is 0.118. The Morgan fingerprint density at radius 2 is 1.85 bits per heavy atom. The number of esters is 1. The molecule has 3 rings (SSSR count). The number of hydrogen-bond acceptors (Lipinski definition) is 2. The number of hydrogen-bond donors (Lipinski definition) is 0. The highest BCUT2D eigenvalue weighted by Crippen LogP contribution is 2.41. The number of fused-ring (bicyclic) bond motifs is 1. The second-order valence-corrected chi connectivity index (χ2v) is 5.64. The number of rotatable bonds is 3. The van der Waals surface area contributed by atoms with E-state index < -0.39 is 0 Å². The summed E-state index contributed by atoms with van der Waals surface area (Å²) in [6.07, 6.45) is 1.54.